The van der Waals surface area contributed by atoms with Gasteiger partial charge in [-0.05, 0) is 51.3 Å². The molecule has 1 aromatic rings. The van der Waals surface area contributed by atoms with Gasteiger partial charge >= 0.3 is 5.97 Å². The van der Waals surface area contributed by atoms with Crippen LogP contribution in [0, 0.1) is 0 Å². The zero-order valence-electron chi connectivity index (χ0n) is 13.9. The Labute approximate surface area is 142 Å². The molecule has 1 aliphatic carbocycles. The fourth-order valence-corrected chi connectivity index (χ4v) is 4.06. The number of aliphatic imine (C=N–C) groups is 1. The molecule has 2 heterocycles. The molecule has 124 valence electrons. The van der Waals surface area contributed by atoms with Crippen molar-refractivity contribution >= 4 is 29.3 Å². The minimum Gasteiger partial charge on any atom is -0.466 e. The minimum atomic E-state index is -0.0759. The summed E-state index contributed by atoms with van der Waals surface area (Å²) in [5.41, 5.74) is 2.81. The number of thioether (sulfide) groups is 1. The predicted molar refractivity (Wildman–Crippen MR) is 93.7 cm³/mol. The van der Waals surface area contributed by atoms with Crippen LogP contribution in [0.25, 0.3) is 0 Å². The van der Waals surface area contributed by atoms with Gasteiger partial charge in [-0.1, -0.05) is 6.42 Å². The Morgan fingerprint density at radius 3 is 2.91 bits per heavy atom. The van der Waals surface area contributed by atoms with Crippen LogP contribution in [0.15, 0.2) is 22.2 Å². The molecule has 1 spiro atoms. The number of aromatic nitrogens is 1. The van der Waals surface area contributed by atoms with Crippen molar-refractivity contribution in [1.82, 2.24) is 4.98 Å². The van der Waals surface area contributed by atoms with Crippen molar-refractivity contribution in [2.24, 2.45) is 4.99 Å². The van der Waals surface area contributed by atoms with Gasteiger partial charge in [-0.2, -0.15) is 0 Å². The lowest BCUT2D eigenvalue weighted by atomic mass is 9.95. The van der Waals surface area contributed by atoms with Crippen LogP contribution in [0.4, 0.5) is 5.82 Å². The molecule has 1 aromatic heterocycles. The summed E-state index contributed by atoms with van der Waals surface area (Å²) in [7, 11) is 0. The van der Waals surface area contributed by atoms with Crippen LogP contribution in [0.5, 0.6) is 0 Å². The van der Waals surface area contributed by atoms with Gasteiger partial charge in [0.05, 0.1) is 6.61 Å². The molecule has 1 aliphatic heterocycles. The molecule has 2 aliphatic rings. The number of carbonyl (C=O) groups excluding carboxylic acids is 1. The molecule has 1 saturated carbocycles. The molecule has 0 atom stereocenters. The fraction of sp³-hybridized carbons (Fsp3) is 0.611. The van der Waals surface area contributed by atoms with Gasteiger partial charge in [0, 0.05) is 34.2 Å². The van der Waals surface area contributed by atoms with Crippen molar-refractivity contribution in [3.8, 4) is 0 Å². The van der Waals surface area contributed by atoms with Gasteiger partial charge in [0.2, 0.25) is 0 Å². The third-order valence-corrected chi connectivity index (χ3v) is 5.72. The third-order valence-electron chi connectivity index (χ3n) is 4.67. The van der Waals surface area contributed by atoms with E-state index in [2.05, 4.69) is 23.0 Å². The van der Waals surface area contributed by atoms with Crippen molar-refractivity contribution < 1.29 is 9.53 Å². The van der Waals surface area contributed by atoms with E-state index in [9.17, 15) is 4.79 Å². The molecule has 4 nitrogen and oxygen atoms in total. The molecule has 1 fully saturated rings. The molecule has 0 saturated heterocycles. The number of unbranched alkanes of at least 4 members (excludes halogenated alkanes) is 2. The number of hydrogen-bond donors (Lipinski definition) is 0. The lowest BCUT2D eigenvalue weighted by Gasteiger charge is -2.10. The van der Waals surface area contributed by atoms with Crippen LogP contribution in [0.3, 0.4) is 0 Å². The Morgan fingerprint density at radius 2 is 2.17 bits per heavy atom. The number of esters is 1. The molecule has 0 unspecified atom stereocenters. The van der Waals surface area contributed by atoms with E-state index in [4.69, 9.17) is 4.74 Å². The van der Waals surface area contributed by atoms with Crippen LogP contribution in [-0.2, 0) is 14.9 Å². The summed E-state index contributed by atoms with van der Waals surface area (Å²) < 4.78 is 4.93. The second kappa shape index (κ2) is 7.04. The largest absolute Gasteiger partial charge is 0.466 e. The van der Waals surface area contributed by atoms with Gasteiger partial charge in [0.15, 0.2) is 5.82 Å². The molecule has 0 aromatic carbocycles. The Morgan fingerprint density at radius 1 is 1.35 bits per heavy atom. The number of hydrogen-bond acceptors (Lipinski definition) is 5. The highest BCUT2D eigenvalue weighted by Crippen LogP contribution is 2.56. The molecule has 0 radical (unpaired) electrons. The average Bonchev–Trinajstić information content (AvgIpc) is 3.28. The van der Waals surface area contributed by atoms with Gasteiger partial charge in [-0.25, -0.2) is 9.98 Å². The summed E-state index contributed by atoms with van der Waals surface area (Å²) in [6.07, 6.45) is 8.02. The van der Waals surface area contributed by atoms with E-state index in [1.807, 2.05) is 24.9 Å². The first-order valence-corrected chi connectivity index (χ1v) is 9.49. The van der Waals surface area contributed by atoms with E-state index in [0.717, 1.165) is 30.8 Å². The highest BCUT2D eigenvalue weighted by Gasteiger charge is 2.51. The maximum absolute atomic E-state index is 11.3. The number of fused-ring (bicyclic) bond motifs is 2. The number of pyridine rings is 1. The van der Waals surface area contributed by atoms with E-state index >= 15 is 0 Å². The fourth-order valence-electron chi connectivity index (χ4n) is 3.15. The molecular weight excluding hydrogens is 308 g/mol. The third kappa shape index (κ3) is 3.60. The van der Waals surface area contributed by atoms with Gasteiger partial charge in [-0.3, -0.25) is 4.79 Å². The van der Waals surface area contributed by atoms with E-state index in [1.165, 1.54) is 29.0 Å². The van der Waals surface area contributed by atoms with Crippen molar-refractivity contribution in [2.75, 3.05) is 12.4 Å². The number of ether oxygens (including phenoxy) is 1. The van der Waals surface area contributed by atoms with E-state index in [-0.39, 0.29) is 11.4 Å². The average molecular weight is 332 g/mol. The summed E-state index contributed by atoms with van der Waals surface area (Å²) in [5, 5.41) is 0. The molecule has 5 heteroatoms. The zero-order valence-corrected chi connectivity index (χ0v) is 14.7. The summed E-state index contributed by atoms with van der Waals surface area (Å²) in [4.78, 5) is 21.6. The zero-order chi connectivity index (χ0) is 16.3. The van der Waals surface area contributed by atoms with E-state index in [1.54, 1.807) is 0 Å². The van der Waals surface area contributed by atoms with Gasteiger partial charge in [0.1, 0.15) is 0 Å². The second-order valence-corrected chi connectivity index (χ2v) is 7.45. The summed E-state index contributed by atoms with van der Waals surface area (Å²) in [5.74, 6) is 1.92. The standard InChI is InChI=1S/C18H24N2O2S/c1-3-22-16(21)7-5-4-6-10-23-14-11-15-17(19-12-14)20-13(2)18(15)8-9-18/h11-12H,3-10H2,1-2H3. The number of carbonyl (C=O) groups is 1. The van der Waals surface area contributed by atoms with Crippen molar-refractivity contribution in [1.29, 1.82) is 0 Å². The van der Waals surface area contributed by atoms with E-state index < -0.39 is 0 Å². The molecule has 0 amide bonds. The molecule has 23 heavy (non-hydrogen) atoms. The predicted octanol–water partition coefficient (Wildman–Crippen LogP) is 4.43. The summed E-state index contributed by atoms with van der Waals surface area (Å²) >= 11 is 1.86. The molecule has 0 bridgehead atoms. The van der Waals surface area contributed by atoms with Crippen molar-refractivity contribution in [2.45, 2.75) is 62.7 Å². The van der Waals surface area contributed by atoms with Gasteiger partial charge in [-0.15, -0.1) is 11.8 Å². The normalized spacial score (nSPS) is 17.0. The number of nitrogens with zero attached hydrogens (tertiary/aromatic N) is 2. The quantitative estimate of drug-likeness (QED) is 0.401. The van der Waals surface area contributed by atoms with Crippen LogP contribution in [0.1, 0.15) is 57.9 Å². The maximum atomic E-state index is 11.3. The van der Waals surface area contributed by atoms with Gasteiger partial charge < -0.3 is 4.74 Å². The highest BCUT2D eigenvalue weighted by molar-refractivity contribution is 7.99. The number of rotatable bonds is 8. The molecular formula is C18H24N2O2S. The smallest absolute Gasteiger partial charge is 0.305 e. The second-order valence-electron chi connectivity index (χ2n) is 6.29. The first-order valence-electron chi connectivity index (χ1n) is 8.50. The molecule has 3 rings (SSSR count). The van der Waals surface area contributed by atoms with Crippen LogP contribution < -0.4 is 0 Å². The van der Waals surface area contributed by atoms with Crippen molar-refractivity contribution in [3.63, 3.8) is 0 Å². The minimum absolute atomic E-state index is 0.0759. The topological polar surface area (TPSA) is 51.5 Å². The maximum Gasteiger partial charge on any atom is 0.305 e. The Kier molecular flexibility index (Phi) is 5.05. The molecule has 0 N–H and O–H groups in total. The monoisotopic (exact) mass is 332 g/mol. The highest BCUT2D eigenvalue weighted by atomic mass is 32.2. The van der Waals surface area contributed by atoms with Crippen LogP contribution in [-0.4, -0.2) is 29.0 Å². The summed E-state index contributed by atoms with van der Waals surface area (Å²) in [6.45, 7) is 4.45. The Hall–Kier alpha value is -1.36. The SMILES string of the molecule is CCOC(=O)CCCCCSc1cnc2c(c1)C1(CC1)C(C)=N2. The van der Waals surface area contributed by atoms with Crippen LogP contribution >= 0.6 is 11.8 Å². The van der Waals surface area contributed by atoms with Crippen molar-refractivity contribution in [3.05, 3.63) is 17.8 Å². The first kappa shape index (κ1) is 16.5. The Bertz CT molecular complexity index is 623. The van der Waals surface area contributed by atoms with E-state index in [0.29, 0.717) is 13.0 Å². The first-order chi connectivity index (χ1) is 11.2. The Balaban J connectivity index is 1.41. The van der Waals surface area contributed by atoms with Gasteiger partial charge in [0.25, 0.3) is 0 Å². The lowest BCUT2D eigenvalue weighted by Crippen LogP contribution is -2.12. The summed E-state index contributed by atoms with van der Waals surface area (Å²) in [6, 6.07) is 2.29. The van der Waals surface area contributed by atoms with Crippen LogP contribution in [0.2, 0.25) is 0 Å². The lowest BCUT2D eigenvalue weighted by molar-refractivity contribution is -0.143.